The van der Waals surface area contributed by atoms with E-state index in [0.717, 1.165) is 21.8 Å². The summed E-state index contributed by atoms with van der Waals surface area (Å²) in [5.74, 6) is 0. The van der Waals surface area contributed by atoms with E-state index in [0.29, 0.717) is 6.42 Å². The van der Waals surface area contributed by atoms with Gasteiger partial charge in [0, 0.05) is 22.4 Å². The number of nitrogens with zero attached hydrogens (tertiary/aromatic N) is 1. The predicted molar refractivity (Wildman–Crippen MR) is 85.0 cm³/mol. The predicted octanol–water partition coefficient (Wildman–Crippen LogP) is 2.97. The summed E-state index contributed by atoms with van der Waals surface area (Å²) in [6.07, 6.45) is 0.696. The molecule has 20 heavy (non-hydrogen) atoms. The third kappa shape index (κ3) is 3.66. The van der Waals surface area contributed by atoms with Crippen molar-refractivity contribution in [3.05, 3.63) is 40.9 Å². The standard InChI is InChI=1S/C16H22N2OS/c1-16(2,3)14-10-20-15(18-14)12-6-4-11(5-7-12)8-13(17)9-19/h4-7,10,13,19H,8-9,17H2,1-3H3. The lowest BCUT2D eigenvalue weighted by Gasteiger charge is -2.14. The Labute approximate surface area is 124 Å². The van der Waals surface area contributed by atoms with Gasteiger partial charge < -0.3 is 10.8 Å². The molecule has 0 amide bonds. The number of aromatic nitrogens is 1. The molecule has 0 aliphatic carbocycles. The molecule has 108 valence electrons. The van der Waals surface area contributed by atoms with Crippen molar-refractivity contribution in [3.63, 3.8) is 0 Å². The van der Waals surface area contributed by atoms with E-state index < -0.39 is 0 Å². The molecule has 2 rings (SSSR count). The molecule has 0 fully saturated rings. The van der Waals surface area contributed by atoms with Crippen molar-refractivity contribution in [2.24, 2.45) is 5.73 Å². The summed E-state index contributed by atoms with van der Waals surface area (Å²) in [6, 6.07) is 8.08. The van der Waals surface area contributed by atoms with Gasteiger partial charge >= 0.3 is 0 Å². The number of hydrogen-bond acceptors (Lipinski definition) is 4. The van der Waals surface area contributed by atoms with Crippen LogP contribution in [0.3, 0.4) is 0 Å². The minimum atomic E-state index is -0.187. The molecule has 2 aromatic rings. The van der Waals surface area contributed by atoms with Crippen LogP contribution in [0.1, 0.15) is 32.0 Å². The molecule has 0 saturated heterocycles. The zero-order valence-corrected chi connectivity index (χ0v) is 13.1. The molecule has 1 aromatic heterocycles. The summed E-state index contributed by atoms with van der Waals surface area (Å²) in [4.78, 5) is 4.71. The molecule has 4 heteroatoms. The second-order valence-electron chi connectivity index (χ2n) is 6.13. The highest BCUT2D eigenvalue weighted by Gasteiger charge is 2.17. The van der Waals surface area contributed by atoms with Crippen LogP contribution in [-0.2, 0) is 11.8 Å². The van der Waals surface area contributed by atoms with E-state index in [9.17, 15) is 0 Å². The Kier molecular flexibility index (Phi) is 4.58. The number of nitrogens with two attached hydrogens (primary N) is 1. The first-order chi connectivity index (χ1) is 9.40. The average Bonchev–Trinajstić information content (AvgIpc) is 2.89. The van der Waals surface area contributed by atoms with E-state index in [1.54, 1.807) is 11.3 Å². The fraction of sp³-hybridized carbons (Fsp3) is 0.438. The highest BCUT2D eigenvalue weighted by atomic mass is 32.1. The number of thiazole rings is 1. The minimum absolute atomic E-state index is 0.0170. The van der Waals surface area contributed by atoms with Gasteiger partial charge in [-0.3, -0.25) is 0 Å². The zero-order valence-electron chi connectivity index (χ0n) is 12.3. The lowest BCUT2D eigenvalue weighted by atomic mass is 9.93. The number of benzene rings is 1. The fourth-order valence-corrected chi connectivity index (χ4v) is 2.95. The van der Waals surface area contributed by atoms with Crippen LogP contribution < -0.4 is 5.73 Å². The van der Waals surface area contributed by atoms with Gasteiger partial charge in [0.05, 0.1) is 12.3 Å². The van der Waals surface area contributed by atoms with Gasteiger partial charge in [-0.15, -0.1) is 11.3 Å². The first kappa shape index (κ1) is 15.2. The van der Waals surface area contributed by atoms with Gasteiger partial charge in [0.2, 0.25) is 0 Å². The summed E-state index contributed by atoms with van der Waals surface area (Å²) in [5.41, 5.74) is 9.23. The Balaban J connectivity index is 2.16. The Morgan fingerprint density at radius 1 is 1.25 bits per heavy atom. The molecular weight excluding hydrogens is 268 g/mol. The maximum absolute atomic E-state index is 8.97. The molecule has 0 bridgehead atoms. The Morgan fingerprint density at radius 3 is 2.40 bits per heavy atom. The molecule has 0 aliphatic rings. The SMILES string of the molecule is CC(C)(C)c1csc(-c2ccc(CC(N)CO)cc2)n1. The first-order valence-corrected chi connectivity index (χ1v) is 7.70. The van der Waals surface area contributed by atoms with Crippen LogP contribution in [0, 0.1) is 0 Å². The topological polar surface area (TPSA) is 59.1 Å². The highest BCUT2D eigenvalue weighted by Crippen LogP contribution is 2.29. The summed E-state index contributed by atoms with van der Waals surface area (Å²) < 4.78 is 0. The van der Waals surface area contributed by atoms with Gasteiger partial charge in [0.1, 0.15) is 5.01 Å². The molecule has 1 unspecified atom stereocenters. The van der Waals surface area contributed by atoms with Crippen molar-refractivity contribution in [1.29, 1.82) is 0 Å². The largest absolute Gasteiger partial charge is 0.395 e. The molecule has 1 heterocycles. The van der Waals surface area contributed by atoms with E-state index >= 15 is 0 Å². The van der Waals surface area contributed by atoms with Gasteiger partial charge in [-0.05, 0) is 12.0 Å². The normalized spacial score (nSPS) is 13.4. The van der Waals surface area contributed by atoms with Gasteiger partial charge in [-0.1, -0.05) is 45.0 Å². The molecular formula is C16H22N2OS. The number of hydrogen-bond donors (Lipinski definition) is 2. The molecule has 0 saturated carbocycles. The van der Waals surface area contributed by atoms with E-state index in [1.165, 1.54) is 0 Å². The quantitative estimate of drug-likeness (QED) is 0.910. The summed E-state index contributed by atoms with van der Waals surface area (Å²) in [6.45, 7) is 6.53. The fourth-order valence-electron chi connectivity index (χ4n) is 1.90. The molecule has 1 atom stereocenters. The molecule has 1 aromatic carbocycles. The second kappa shape index (κ2) is 6.04. The monoisotopic (exact) mass is 290 g/mol. The second-order valence-corrected chi connectivity index (χ2v) is 6.99. The highest BCUT2D eigenvalue weighted by molar-refractivity contribution is 7.13. The van der Waals surface area contributed by atoms with E-state index in [4.69, 9.17) is 15.8 Å². The number of aliphatic hydroxyl groups is 1. The van der Waals surface area contributed by atoms with Crippen LogP contribution in [0.25, 0.3) is 10.6 Å². The average molecular weight is 290 g/mol. The zero-order chi connectivity index (χ0) is 14.8. The van der Waals surface area contributed by atoms with Crippen molar-refractivity contribution in [1.82, 2.24) is 4.98 Å². The Bertz CT molecular complexity index is 555. The van der Waals surface area contributed by atoms with Crippen molar-refractivity contribution in [2.75, 3.05) is 6.61 Å². The van der Waals surface area contributed by atoms with Crippen LogP contribution in [-0.4, -0.2) is 22.7 Å². The van der Waals surface area contributed by atoms with Crippen LogP contribution >= 0.6 is 11.3 Å². The smallest absolute Gasteiger partial charge is 0.123 e. The van der Waals surface area contributed by atoms with Crippen molar-refractivity contribution < 1.29 is 5.11 Å². The Hall–Kier alpha value is -1.23. The van der Waals surface area contributed by atoms with E-state index in [2.05, 4.69) is 50.4 Å². The van der Waals surface area contributed by atoms with Crippen molar-refractivity contribution >= 4 is 11.3 Å². The maximum atomic E-state index is 8.97. The minimum Gasteiger partial charge on any atom is -0.395 e. The van der Waals surface area contributed by atoms with Crippen molar-refractivity contribution in [2.45, 2.75) is 38.6 Å². The summed E-state index contributed by atoms with van der Waals surface area (Å²) in [5, 5.41) is 12.2. The maximum Gasteiger partial charge on any atom is 0.123 e. The molecule has 0 aliphatic heterocycles. The van der Waals surface area contributed by atoms with Gasteiger partial charge in [-0.2, -0.15) is 0 Å². The van der Waals surface area contributed by atoms with Crippen LogP contribution in [0.15, 0.2) is 29.6 Å². The first-order valence-electron chi connectivity index (χ1n) is 6.82. The Morgan fingerprint density at radius 2 is 1.90 bits per heavy atom. The lowest BCUT2D eigenvalue weighted by Crippen LogP contribution is -2.26. The van der Waals surface area contributed by atoms with Crippen LogP contribution in [0.2, 0.25) is 0 Å². The van der Waals surface area contributed by atoms with Crippen LogP contribution in [0.4, 0.5) is 0 Å². The molecule has 3 nitrogen and oxygen atoms in total. The van der Waals surface area contributed by atoms with Gasteiger partial charge in [0.25, 0.3) is 0 Å². The van der Waals surface area contributed by atoms with Crippen molar-refractivity contribution in [3.8, 4) is 10.6 Å². The molecule has 3 N–H and O–H groups in total. The number of aliphatic hydroxyl groups excluding tert-OH is 1. The van der Waals surface area contributed by atoms with Gasteiger partial charge in [0.15, 0.2) is 0 Å². The van der Waals surface area contributed by atoms with E-state index in [1.807, 2.05) is 0 Å². The van der Waals surface area contributed by atoms with Gasteiger partial charge in [-0.25, -0.2) is 4.98 Å². The molecule has 0 spiro atoms. The van der Waals surface area contributed by atoms with Crippen LogP contribution in [0.5, 0.6) is 0 Å². The third-order valence-electron chi connectivity index (χ3n) is 3.21. The number of rotatable bonds is 4. The van der Waals surface area contributed by atoms with E-state index in [-0.39, 0.29) is 18.1 Å². The lowest BCUT2D eigenvalue weighted by molar-refractivity contribution is 0.265. The third-order valence-corrected chi connectivity index (χ3v) is 4.10. The molecule has 0 radical (unpaired) electrons. The summed E-state index contributed by atoms with van der Waals surface area (Å²) in [7, 11) is 0. The summed E-state index contributed by atoms with van der Waals surface area (Å²) >= 11 is 1.68.